The van der Waals surface area contributed by atoms with Gasteiger partial charge in [-0.05, 0) is 54.3 Å². The van der Waals surface area contributed by atoms with E-state index >= 15 is 0 Å². The van der Waals surface area contributed by atoms with Crippen molar-refractivity contribution in [1.29, 1.82) is 0 Å². The van der Waals surface area contributed by atoms with Crippen molar-refractivity contribution < 1.29 is 0 Å². The Bertz CT molecular complexity index is 1150. The number of nitrogens with two attached hydrogens (primary N) is 1. The maximum absolute atomic E-state index is 5.98. The third-order valence-electron chi connectivity index (χ3n) is 5.88. The van der Waals surface area contributed by atoms with Crippen LogP contribution in [-0.4, -0.2) is 20.6 Å². The van der Waals surface area contributed by atoms with Gasteiger partial charge < -0.3 is 15.6 Å². The van der Waals surface area contributed by atoms with E-state index in [1.54, 1.807) is 0 Å². The number of rotatable bonds is 3. The van der Waals surface area contributed by atoms with Gasteiger partial charge in [0.05, 0.1) is 5.52 Å². The monoisotopic (exact) mass is 371 g/mol. The van der Waals surface area contributed by atoms with Crippen LogP contribution in [0.15, 0.2) is 48.7 Å². The summed E-state index contributed by atoms with van der Waals surface area (Å²) in [5, 5.41) is 5.92. The fourth-order valence-corrected chi connectivity index (χ4v) is 4.34. The number of nitrogens with zero attached hydrogens (tertiary/aromatic N) is 3. The molecule has 4 aromatic rings. The minimum absolute atomic E-state index is 0.323. The molecule has 5 heteroatoms. The largest absolute Gasteiger partial charge is 0.368 e. The zero-order chi connectivity index (χ0) is 19.1. The maximum atomic E-state index is 5.98. The summed E-state index contributed by atoms with van der Waals surface area (Å²) in [7, 11) is 2.07. The van der Waals surface area contributed by atoms with Crippen LogP contribution in [0, 0.1) is 0 Å². The van der Waals surface area contributed by atoms with Crippen LogP contribution in [0.25, 0.3) is 32.9 Å². The van der Waals surface area contributed by atoms with Gasteiger partial charge in [0.15, 0.2) is 0 Å². The van der Waals surface area contributed by atoms with Crippen molar-refractivity contribution in [2.24, 2.45) is 7.05 Å². The summed E-state index contributed by atoms with van der Waals surface area (Å²) in [6.07, 6.45) is 8.36. The summed E-state index contributed by atoms with van der Waals surface area (Å²) in [5.41, 5.74) is 10.5. The molecule has 0 bridgehead atoms. The summed E-state index contributed by atoms with van der Waals surface area (Å²) in [4.78, 5) is 8.98. The number of hydrogen-bond acceptors (Lipinski definition) is 4. The van der Waals surface area contributed by atoms with Crippen molar-refractivity contribution in [2.45, 2.75) is 38.1 Å². The molecule has 1 aliphatic rings. The molecule has 0 atom stereocenters. The van der Waals surface area contributed by atoms with Gasteiger partial charge in [0.25, 0.3) is 0 Å². The summed E-state index contributed by atoms with van der Waals surface area (Å²) in [5.74, 6) is 1.18. The van der Waals surface area contributed by atoms with Gasteiger partial charge in [0.2, 0.25) is 5.95 Å². The van der Waals surface area contributed by atoms with Crippen LogP contribution in [-0.2, 0) is 7.05 Å². The summed E-state index contributed by atoms with van der Waals surface area (Å²) in [6, 6.07) is 15.6. The van der Waals surface area contributed by atoms with E-state index in [9.17, 15) is 0 Å². The molecular weight excluding hydrogens is 346 g/mol. The first kappa shape index (κ1) is 17.0. The topological polar surface area (TPSA) is 68.8 Å². The fourth-order valence-electron chi connectivity index (χ4n) is 4.34. The van der Waals surface area contributed by atoms with E-state index in [4.69, 9.17) is 5.73 Å². The predicted octanol–water partition coefficient (Wildman–Crippen LogP) is 5.12. The summed E-state index contributed by atoms with van der Waals surface area (Å²) in [6.45, 7) is 0. The molecule has 5 rings (SSSR count). The van der Waals surface area contributed by atoms with Crippen LogP contribution in [0.5, 0.6) is 0 Å². The van der Waals surface area contributed by atoms with Crippen molar-refractivity contribution in [2.75, 3.05) is 11.1 Å². The van der Waals surface area contributed by atoms with Gasteiger partial charge in [-0.15, -0.1) is 0 Å². The van der Waals surface area contributed by atoms with Gasteiger partial charge in [-0.2, -0.15) is 4.98 Å². The number of fused-ring (bicyclic) bond motifs is 2. The first-order valence-corrected chi connectivity index (χ1v) is 10.1. The Morgan fingerprint density at radius 2 is 1.75 bits per heavy atom. The lowest BCUT2D eigenvalue weighted by Crippen LogP contribution is -2.23. The fraction of sp³-hybridized carbons (Fsp3) is 0.304. The number of benzene rings is 2. The van der Waals surface area contributed by atoms with Crippen molar-refractivity contribution in [3.63, 3.8) is 0 Å². The Morgan fingerprint density at radius 1 is 0.964 bits per heavy atom. The SMILES string of the molecule is Cn1ccc2cc(-c3ccc4nc(N)nc(NC5CCCCC5)c4c3)ccc21. The Labute approximate surface area is 164 Å². The molecule has 2 aromatic heterocycles. The van der Waals surface area contributed by atoms with E-state index in [0.717, 1.165) is 16.7 Å². The highest BCUT2D eigenvalue weighted by molar-refractivity contribution is 5.94. The second-order valence-electron chi connectivity index (χ2n) is 7.84. The zero-order valence-corrected chi connectivity index (χ0v) is 16.2. The molecule has 0 saturated heterocycles. The molecule has 28 heavy (non-hydrogen) atoms. The molecule has 3 N–H and O–H groups in total. The summed E-state index contributed by atoms with van der Waals surface area (Å²) >= 11 is 0. The normalized spacial score (nSPS) is 15.3. The lowest BCUT2D eigenvalue weighted by molar-refractivity contribution is 0.462. The van der Waals surface area contributed by atoms with Gasteiger partial charge in [0.1, 0.15) is 5.82 Å². The van der Waals surface area contributed by atoms with Gasteiger partial charge in [0, 0.05) is 35.6 Å². The number of aryl methyl sites for hydroxylation is 1. The van der Waals surface area contributed by atoms with E-state index < -0.39 is 0 Å². The highest BCUT2D eigenvalue weighted by Crippen LogP contribution is 2.31. The third kappa shape index (κ3) is 3.07. The highest BCUT2D eigenvalue weighted by atomic mass is 15.1. The lowest BCUT2D eigenvalue weighted by Gasteiger charge is -2.24. The molecule has 1 saturated carbocycles. The Hall–Kier alpha value is -3.08. The number of nitrogens with one attached hydrogen (secondary N) is 1. The van der Waals surface area contributed by atoms with Crippen LogP contribution >= 0.6 is 0 Å². The van der Waals surface area contributed by atoms with Crippen LogP contribution in [0.2, 0.25) is 0 Å². The van der Waals surface area contributed by atoms with Crippen LogP contribution in [0.1, 0.15) is 32.1 Å². The van der Waals surface area contributed by atoms with Crippen LogP contribution < -0.4 is 11.1 Å². The molecule has 0 amide bonds. The standard InChI is InChI=1S/C23H25N5/c1-28-12-11-17-13-15(8-10-21(17)28)16-7-9-20-19(14-16)22(27-23(24)26-20)25-18-5-3-2-4-6-18/h7-14,18H,2-6H2,1H3,(H3,24,25,26,27). The molecular formula is C23H25N5. The predicted molar refractivity (Wildman–Crippen MR) is 116 cm³/mol. The molecule has 0 unspecified atom stereocenters. The average Bonchev–Trinajstić information content (AvgIpc) is 3.09. The minimum atomic E-state index is 0.323. The molecule has 0 radical (unpaired) electrons. The number of hydrogen-bond donors (Lipinski definition) is 2. The quantitative estimate of drug-likeness (QED) is 0.525. The molecule has 2 heterocycles. The maximum Gasteiger partial charge on any atom is 0.222 e. The number of nitrogen functional groups attached to an aromatic ring is 1. The van der Waals surface area contributed by atoms with E-state index in [0.29, 0.717) is 12.0 Å². The van der Waals surface area contributed by atoms with Crippen molar-refractivity contribution in [1.82, 2.24) is 14.5 Å². The van der Waals surface area contributed by atoms with Gasteiger partial charge in [-0.25, -0.2) is 4.98 Å². The van der Waals surface area contributed by atoms with E-state index in [2.05, 4.69) is 69.5 Å². The van der Waals surface area contributed by atoms with Crippen molar-refractivity contribution in [3.8, 4) is 11.1 Å². The lowest BCUT2D eigenvalue weighted by atomic mass is 9.95. The Morgan fingerprint density at radius 3 is 2.61 bits per heavy atom. The molecule has 142 valence electrons. The molecule has 5 nitrogen and oxygen atoms in total. The van der Waals surface area contributed by atoms with E-state index in [1.165, 1.54) is 54.1 Å². The van der Waals surface area contributed by atoms with E-state index in [1.807, 2.05) is 6.07 Å². The van der Waals surface area contributed by atoms with Crippen molar-refractivity contribution in [3.05, 3.63) is 48.7 Å². The number of anilines is 2. The molecule has 0 spiro atoms. The Kier molecular flexibility index (Phi) is 4.15. The van der Waals surface area contributed by atoms with Crippen LogP contribution in [0.4, 0.5) is 11.8 Å². The molecule has 0 aliphatic heterocycles. The molecule has 1 aliphatic carbocycles. The highest BCUT2D eigenvalue weighted by Gasteiger charge is 2.16. The molecule has 2 aromatic carbocycles. The minimum Gasteiger partial charge on any atom is -0.368 e. The average molecular weight is 371 g/mol. The zero-order valence-electron chi connectivity index (χ0n) is 16.2. The smallest absolute Gasteiger partial charge is 0.222 e. The first-order valence-electron chi connectivity index (χ1n) is 10.1. The van der Waals surface area contributed by atoms with E-state index in [-0.39, 0.29) is 0 Å². The van der Waals surface area contributed by atoms with Gasteiger partial charge in [-0.1, -0.05) is 31.4 Å². The first-order chi connectivity index (χ1) is 13.7. The third-order valence-corrected chi connectivity index (χ3v) is 5.88. The van der Waals surface area contributed by atoms with Gasteiger partial charge >= 0.3 is 0 Å². The van der Waals surface area contributed by atoms with Crippen molar-refractivity contribution >= 4 is 33.6 Å². The number of aromatic nitrogens is 3. The summed E-state index contributed by atoms with van der Waals surface area (Å²) < 4.78 is 2.14. The second kappa shape index (κ2) is 6.82. The molecule has 1 fully saturated rings. The van der Waals surface area contributed by atoms with Crippen LogP contribution in [0.3, 0.4) is 0 Å². The Balaban J connectivity index is 1.58. The van der Waals surface area contributed by atoms with Gasteiger partial charge in [-0.3, -0.25) is 0 Å². The second-order valence-corrected chi connectivity index (χ2v) is 7.84.